The lowest BCUT2D eigenvalue weighted by molar-refractivity contribution is 1.38. The van der Waals surface area contributed by atoms with Crippen LogP contribution >= 0.6 is 22.1 Å². The lowest BCUT2D eigenvalue weighted by Crippen LogP contribution is -2.05. The summed E-state index contributed by atoms with van der Waals surface area (Å²) in [4.78, 5) is 0. The van der Waals surface area contributed by atoms with E-state index in [0.29, 0.717) is 0 Å². The minimum atomic E-state index is 0.204. The fourth-order valence-corrected chi connectivity index (χ4v) is 4.11. The van der Waals surface area contributed by atoms with E-state index in [1.54, 1.807) is 0 Å². The average molecular weight is 334 g/mol. The molecule has 0 unspecified atom stereocenters. The smallest absolute Gasteiger partial charge is 0.419 e. The van der Waals surface area contributed by atoms with Gasteiger partial charge in [-0.1, -0.05) is 36.4 Å². The molecule has 0 aliphatic heterocycles. The molecule has 0 aliphatic carbocycles. The molecule has 0 fully saturated rings. The molecule has 77 valence electrons. The predicted octanol–water partition coefficient (Wildman–Crippen LogP) is 3.19. The third-order valence-electron chi connectivity index (χ3n) is 2.83. The zero-order valence-corrected chi connectivity index (χ0v) is 12.1. The molecule has 3 rings (SSSR count). The van der Waals surface area contributed by atoms with Gasteiger partial charge in [0.25, 0.3) is 0 Å². The third-order valence-corrected chi connectivity index (χ3v) is 4.85. The molecule has 0 aliphatic rings. The first-order valence-electron chi connectivity index (χ1n) is 5.18. The van der Waals surface area contributed by atoms with E-state index in [4.69, 9.17) is 0 Å². The van der Waals surface area contributed by atoms with Crippen molar-refractivity contribution in [3.63, 3.8) is 0 Å². The van der Waals surface area contributed by atoms with E-state index < -0.39 is 0 Å². The van der Waals surface area contributed by atoms with Gasteiger partial charge < -0.3 is 3.55 Å². The van der Waals surface area contributed by atoms with E-state index in [1.165, 1.54) is 21.8 Å². The lowest BCUT2D eigenvalue weighted by atomic mass is 10.2. The van der Waals surface area contributed by atoms with Gasteiger partial charge in [-0.05, 0) is 12.1 Å². The maximum absolute atomic E-state index is 2.45. The summed E-state index contributed by atoms with van der Waals surface area (Å²) < 4.78 is 4.74. The Hall–Kier alpha value is -0.628. The predicted molar refractivity (Wildman–Crippen MR) is 82.1 cm³/mol. The van der Waals surface area contributed by atoms with Gasteiger partial charge in [-0.3, -0.25) is 0 Å². The van der Waals surface area contributed by atoms with Gasteiger partial charge in [0, 0.05) is 21.8 Å². The van der Waals surface area contributed by atoms with Gasteiger partial charge >= 0.3 is 15.4 Å². The largest absolute Gasteiger partial charge is 0.436 e. The van der Waals surface area contributed by atoms with Crippen molar-refractivity contribution in [1.82, 2.24) is 3.55 Å². The van der Waals surface area contributed by atoms with Crippen LogP contribution in [0, 0.1) is 0 Å². The van der Waals surface area contributed by atoms with Gasteiger partial charge in [0.05, 0.1) is 0 Å². The summed E-state index contributed by atoms with van der Waals surface area (Å²) in [5.74, 6) is 0. The molecule has 1 heterocycles. The Labute approximate surface area is 114 Å². The second kappa shape index (κ2) is 4.33. The second-order valence-corrected chi connectivity index (χ2v) is 7.11. The van der Waals surface area contributed by atoms with E-state index in [2.05, 4.69) is 77.1 Å². The van der Waals surface area contributed by atoms with Crippen molar-refractivity contribution in [2.24, 2.45) is 0 Å². The molecule has 0 saturated heterocycles. The molecule has 0 atom stereocenters. The first kappa shape index (κ1) is 10.5. The Morgan fingerprint density at radius 3 is 1.88 bits per heavy atom. The van der Waals surface area contributed by atoms with Gasteiger partial charge in [-0.2, -0.15) is 22.1 Å². The maximum Gasteiger partial charge on any atom is 0.419 e. The topological polar surface area (TPSA) is 4.93 Å². The highest BCUT2D eigenvalue weighted by Gasteiger charge is 2.08. The number of nitrogens with zero attached hydrogens (tertiary/aromatic N) is 1. The van der Waals surface area contributed by atoms with Gasteiger partial charge in [-0.25, -0.2) is 0 Å². The van der Waals surface area contributed by atoms with Crippen LogP contribution in [-0.2, 0) is 0 Å². The zero-order valence-electron chi connectivity index (χ0n) is 8.63. The molecule has 3 heteroatoms. The van der Waals surface area contributed by atoms with E-state index in [-0.39, 0.29) is 15.4 Å². The normalized spacial score (nSPS) is 10.8. The Morgan fingerprint density at radius 2 is 1.38 bits per heavy atom. The van der Waals surface area contributed by atoms with E-state index in [9.17, 15) is 0 Å². The van der Waals surface area contributed by atoms with Crippen LogP contribution in [0.1, 0.15) is 0 Å². The number of hydrogen-bond donors (Lipinski definition) is 0. The van der Waals surface area contributed by atoms with E-state index in [1.807, 2.05) is 0 Å². The standard InChI is InChI=1S/C12H8N.CH2I.Al/c1-3-7-11-9(5-1)10-6-2-4-8-12(10)13-11;1-2;/h1-8H;1-2H;/q-1;;+1. The van der Waals surface area contributed by atoms with Gasteiger partial charge in [0.15, 0.2) is 0 Å². The number of aromatic nitrogens is 1. The molecule has 1 radical (unpaired) electrons. The van der Waals surface area contributed by atoms with Crippen molar-refractivity contribution in [2.75, 3.05) is 0 Å². The fourth-order valence-electron chi connectivity index (χ4n) is 2.17. The van der Waals surface area contributed by atoms with Crippen LogP contribution in [0.4, 0.5) is 0 Å². The summed E-state index contributed by atoms with van der Waals surface area (Å²) in [6.07, 6.45) is 0. The number of halogens is 1. The number of hydrogen-bond acceptors (Lipinski definition) is 0. The van der Waals surface area contributed by atoms with Crippen molar-refractivity contribution in [2.45, 2.75) is 0 Å². The molecule has 16 heavy (non-hydrogen) atoms. The number of benzene rings is 2. The first-order chi connectivity index (χ1) is 7.92. The average Bonchev–Trinajstić information content (AvgIpc) is 2.66. The van der Waals surface area contributed by atoms with Crippen LogP contribution in [0.5, 0.6) is 0 Å². The Bertz CT molecular complexity index is 619. The molecule has 0 spiro atoms. The van der Waals surface area contributed by atoms with Crippen molar-refractivity contribution >= 4 is 62.2 Å². The van der Waals surface area contributed by atoms with Crippen LogP contribution in [0.3, 0.4) is 0 Å². The maximum atomic E-state index is 2.45. The summed E-state index contributed by atoms with van der Waals surface area (Å²) in [7, 11) is 0. The van der Waals surface area contributed by atoms with E-state index in [0.717, 1.165) is 0 Å². The Balaban J connectivity index is 2.53. The summed E-state index contributed by atoms with van der Waals surface area (Å²) in [5.41, 5.74) is 2.72. The summed E-state index contributed by atoms with van der Waals surface area (Å²) in [6, 6.07) is 17.3. The molecule has 0 bridgehead atoms. The molecular formula is C13H10AlIN. The molecular weight excluding hydrogens is 324 g/mol. The molecule has 2 aromatic carbocycles. The monoisotopic (exact) mass is 334 g/mol. The molecule has 0 N–H and O–H groups in total. The summed E-state index contributed by atoms with van der Waals surface area (Å²) >= 11 is 2.27. The Morgan fingerprint density at radius 1 is 0.875 bits per heavy atom. The first-order valence-corrected chi connectivity index (χ1v) is 7.71. The van der Waals surface area contributed by atoms with Gasteiger partial charge in [-0.15, -0.1) is 2.87 Å². The lowest BCUT2D eigenvalue weighted by Gasteiger charge is -2.01. The quantitative estimate of drug-likeness (QED) is 0.501. The van der Waals surface area contributed by atoms with Crippen molar-refractivity contribution in [1.29, 1.82) is 0 Å². The van der Waals surface area contributed by atoms with Crippen LogP contribution in [0.25, 0.3) is 21.8 Å². The summed E-state index contributed by atoms with van der Waals surface area (Å²) in [6.45, 7) is 0. The third kappa shape index (κ3) is 1.55. The van der Waals surface area contributed by atoms with Gasteiger partial charge in [0.1, 0.15) is 0 Å². The highest BCUT2D eigenvalue weighted by molar-refractivity contribution is 14.1. The SMILES string of the molecule is [IH]=[CH][Al][n]1c2ccccc2c2ccccc21. The number of rotatable bonds is 2. The minimum Gasteiger partial charge on any atom is -0.436 e. The molecule has 0 amide bonds. The molecule has 3 aromatic rings. The van der Waals surface area contributed by atoms with Crippen LogP contribution in [0.2, 0.25) is 0 Å². The van der Waals surface area contributed by atoms with Crippen LogP contribution in [0.15, 0.2) is 48.5 Å². The summed E-state index contributed by atoms with van der Waals surface area (Å²) in [5, 5.41) is 2.74. The Kier molecular flexibility index (Phi) is 2.85. The van der Waals surface area contributed by atoms with Crippen molar-refractivity contribution in [3.05, 3.63) is 48.5 Å². The van der Waals surface area contributed by atoms with Crippen molar-refractivity contribution in [3.8, 4) is 0 Å². The molecule has 1 aromatic heterocycles. The highest BCUT2D eigenvalue weighted by atomic mass is 127. The van der Waals surface area contributed by atoms with Crippen LogP contribution < -0.4 is 0 Å². The number of fused-ring (bicyclic) bond motifs is 3. The van der Waals surface area contributed by atoms with Crippen LogP contribution in [-0.4, -0.2) is 21.9 Å². The fraction of sp³-hybridized carbons (Fsp3) is 0. The van der Waals surface area contributed by atoms with E-state index >= 15 is 0 Å². The molecule has 1 nitrogen and oxygen atoms in total. The minimum absolute atomic E-state index is 0.204. The highest BCUT2D eigenvalue weighted by Crippen LogP contribution is 2.27. The van der Waals surface area contributed by atoms with Crippen molar-refractivity contribution < 1.29 is 0 Å². The number of para-hydroxylation sites is 2. The zero-order chi connectivity index (χ0) is 11.0. The van der Waals surface area contributed by atoms with Gasteiger partial charge in [0.2, 0.25) is 0 Å². The molecule has 0 saturated carbocycles. The second-order valence-electron chi connectivity index (χ2n) is 3.69.